The summed E-state index contributed by atoms with van der Waals surface area (Å²) in [6.45, 7) is 4.61. The molecule has 26 heavy (non-hydrogen) atoms. The first-order valence-electron chi connectivity index (χ1n) is 9.84. The van der Waals surface area contributed by atoms with Gasteiger partial charge < -0.3 is 10.2 Å². The predicted octanol–water partition coefficient (Wildman–Crippen LogP) is 6.50. The molecule has 0 bridgehead atoms. The smallest absolute Gasteiger partial charge is 0.115 e. The lowest BCUT2D eigenvalue weighted by atomic mass is 9.73. The summed E-state index contributed by atoms with van der Waals surface area (Å²) in [5, 5.41) is 19.1. The van der Waals surface area contributed by atoms with E-state index in [1.54, 1.807) is 12.1 Å². The standard InChI is InChI=1S/C24H30O2/c1-3-17(2)16-24(21-10-14-23(26)15-11-21)20-6-4-18(5-7-20)19-8-12-22(25)13-9-19/h4,8-15,17,20,24-26H,3,5-7,16H2,1-2H3. The van der Waals surface area contributed by atoms with Crippen molar-refractivity contribution in [2.45, 2.75) is 51.9 Å². The number of hydrogen-bond acceptors (Lipinski definition) is 2. The third kappa shape index (κ3) is 4.49. The van der Waals surface area contributed by atoms with Crippen molar-refractivity contribution in [2.75, 3.05) is 0 Å². The Balaban J connectivity index is 1.77. The highest BCUT2D eigenvalue weighted by Gasteiger charge is 2.26. The highest BCUT2D eigenvalue weighted by Crippen LogP contribution is 2.42. The van der Waals surface area contributed by atoms with Gasteiger partial charge in [0.25, 0.3) is 0 Å². The van der Waals surface area contributed by atoms with Crippen LogP contribution < -0.4 is 0 Å². The Labute approximate surface area is 157 Å². The first-order valence-corrected chi connectivity index (χ1v) is 9.84. The Morgan fingerprint density at radius 3 is 2.12 bits per heavy atom. The summed E-state index contributed by atoms with van der Waals surface area (Å²) in [7, 11) is 0. The molecule has 1 aliphatic rings. The van der Waals surface area contributed by atoms with Crippen LogP contribution in [0.5, 0.6) is 11.5 Å². The van der Waals surface area contributed by atoms with Crippen LogP contribution in [0.3, 0.4) is 0 Å². The third-order valence-electron chi connectivity index (χ3n) is 5.93. The summed E-state index contributed by atoms with van der Waals surface area (Å²) in [5.74, 6) is 2.56. The minimum atomic E-state index is 0.323. The van der Waals surface area contributed by atoms with Gasteiger partial charge in [-0.05, 0) is 84.4 Å². The van der Waals surface area contributed by atoms with Crippen molar-refractivity contribution in [2.24, 2.45) is 11.8 Å². The number of phenols is 2. The summed E-state index contributed by atoms with van der Waals surface area (Å²) >= 11 is 0. The summed E-state index contributed by atoms with van der Waals surface area (Å²) in [4.78, 5) is 0. The van der Waals surface area contributed by atoms with Crippen LogP contribution in [-0.2, 0) is 0 Å². The van der Waals surface area contributed by atoms with Crippen LogP contribution in [-0.4, -0.2) is 10.2 Å². The van der Waals surface area contributed by atoms with E-state index in [1.165, 1.54) is 36.0 Å². The predicted molar refractivity (Wildman–Crippen MR) is 108 cm³/mol. The quantitative estimate of drug-likeness (QED) is 0.624. The Bertz CT molecular complexity index is 728. The van der Waals surface area contributed by atoms with E-state index < -0.39 is 0 Å². The Kier molecular flexibility index (Phi) is 6.03. The topological polar surface area (TPSA) is 40.5 Å². The zero-order valence-electron chi connectivity index (χ0n) is 15.9. The Morgan fingerprint density at radius 1 is 0.962 bits per heavy atom. The van der Waals surface area contributed by atoms with Crippen molar-refractivity contribution in [1.82, 2.24) is 0 Å². The normalized spacial score (nSPS) is 19.6. The van der Waals surface area contributed by atoms with Crippen molar-refractivity contribution in [1.29, 1.82) is 0 Å². The Hall–Kier alpha value is -2.22. The van der Waals surface area contributed by atoms with Gasteiger partial charge in [-0.3, -0.25) is 0 Å². The van der Waals surface area contributed by atoms with E-state index in [4.69, 9.17) is 0 Å². The molecule has 0 saturated carbocycles. The number of hydrogen-bond donors (Lipinski definition) is 2. The minimum absolute atomic E-state index is 0.323. The fourth-order valence-corrected chi connectivity index (χ4v) is 4.08. The molecule has 0 aromatic heterocycles. The lowest BCUT2D eigenvalue weighted by molar-refractivity contribution is 0.329. The Morgan fingerprint density at radius 2 is 1.58 bits per heavy atom. The second-order valence-electron chi connectivity index (χ2n) is 7.76. The summed E-state index contributed by atoms with van der Waals surface area (Å²) in [6, 6.07) is 15.4. The number of rotatable bonds is 6. The number of aromatic hydroxyl groups is 2. The van der Waals surface area contributed by atoms with E-state index in [0.29, 0.717) is 29.3 Å². The average Bonchev–Trinajstić information content (AvgIpc) is 2.67. The molecular formula is C24H30O2. The largest absolute Gasteiger partial charge is 0.508 e. The molecule has 0 saturated heterocycles. The van der Waals surface area contributed by atoms with Gasteiger partial charge in [0.2, 0.25) is 0 Å². The van der Waals surface area contributed by atoms with Gasteiger partial charge in [0.05, 0.1) is 0 Å². The fraction of sp³-hybridized carbons (Fsp3) is 0.417. The maximum atomic E-state index is 9.63. The molecule has 0 radical (unpaired) electrons. The van der Waals surface area contributed by atoms with Gasteiger partial charge in [-0.1, -0.05) is 50.6 Å². The number of allylic oxidation sites excluding steroid dienone is 2. The highest BCUT2D eigenvalue weighted by atomic mass is 16.3. The van der Waals surface area contributed by atoms with Gasteiger partial charge in [-0.15, -0.1) is 0 Å². The van der Waals surface area contributed by atoms with Crippen LogP contribution in [0.4, 0.5) is 0 Å². The van der Waals surface area contributed by atoms with Crippen molar-refractivity contribution in [3.8, 4) is 11.5 Å². The maximum Gasteiger partial charge on any atom is 0.115 e. The van der Waals surface area contributed by atoms with Gasteiger partial charge in [-0.25, -0.2) is 0 Å². The van der Waals surface area contributed by atoms with Gasteiger partial charge in [0.15, 0.2) is 0 Å². The van der Waals surface area contributed by atoms with Crippen LogP contribution in [0.25, 0.3) is 5.57 Å². The zero-order valence-corrected chi connectivity index (χ0v) is 15.9. The lowest BCUT2D eigenvalue weighted by Gasteiger charge is -2.32. The molecule has 2 heteroatoms. The van der Waals surface area contributed by atoms with Crippen LogP contribution >= 0.6 is 0 Å². The van der Waals surface area contributed by atoms with Gasteiger partial charge in [0.1, 0.15) is 11.5 Å². The highest BCUT2D eigenvalue weighted by molar-refractivity contribution is 5.66. The lowest BCUT2D eigenvalue weighted by Crippen LogP contribution is -2.18. The molecule has 0 aliphatic heterocycles. The average molecular weight is 351 g/mol. The van der Waals surface area contributed by atoms with E-state index in [9.17, 15) is 10.2 Å². The molecule has 0 heterocycles. The summed E-state index contributed by atoms with van der Waals surface area (Å²) < 4.78 is 0. The first-order chi connectivity index (χ1) is 12.6. The molecule has 2 aromatic rings. The second-order valence-corrected chi connectivity index (χ2v) is 7.76. The molecule has 2 N–H and O–H groups in total. The molecule has 2 nitrogen and oxygen atoms in total. The van der Waals surface area contributed by atoms with Crippen LogP contribution in [0, 0.1) is 11.8 Å². The summed E-state index contributed by atoms with van der Waals surface area (Å²) in [5.41, 5.74) is 3.98. The van der Waals surface area contributed by atoms with E-state index in [-0.39, 0.29) is 0 Å². The molecule has 138 valence electrons. The molecule has 0 amide bonds. The zero-order chi connectivity index (χ0) is 18.5. The molecule has 2 aromatic carbocycles. The molecule has 3 rings (SSSR count). The molecule has 0 spiro atoms. The van der Waals surface area contributed by atoms with Crippen molar-refractivity contribution >= 4 is 5.57 Å². The fourth-order valence-electron chi connectivity index (χ4n) is 4.08. The molecular weight excluding hydrogens is 320 g/mol. The van der Waals surface area contributed by atoms with E-state index >= 15 is 0 Å². The van der Waals surface area contributed by atoms with Crippen molar-refractivity contribution in [3.63, 3.8) is 0 Å². The number of benzene rings is 2. The van der Waals surface area contributed by atoms with Gasteiger partial charge >= 0.3 is 0 Å². The van der Waals surface area contributed by atoms with Crippen LogP contribution in [0.2, 0.25) is 0 Å². The van der Waals surface area contributed by atoms with E-state index in [0.717, 1.165) is 12.8 Å². The minimum Gasteiger partial charge on any atom is -0.508 e. The maximum absolute atomic E-state index is 9.63. The molecule has 0 fully saturated rings. The number of phenolic OH excluding ortho intramolecular Hbond substituents is 2. The molecule has 3 atom stereocenters. The summed E-state index contributed by atoms with van der Waals surface area (Å²) in [6.07, 6.45) is 8.17. The third-order valence-corrected chi connectivity index (χ3v) is 5.93. The van der Waals surface area contributed by atoms with Crippen molar-refractivity contribution < 1.29 is 10.2 Å². The van der Waals surface area contributed by atoms with Gasteiger partial charge in [0, 0.05) is 0 Å². The SMILES string of the molecule is CCC(C)CC(c1ccc(O)cc1)C1CC=C(c2ccc(O)cc2)CC1. The van der Waals surface area contributed by atoms with E-state index in [2.05, 4.69) is 32.1 Å². The first kappa shape index (κ1) is 18.6. The molecule has 1 aliphatic carbocycles. The molecule has 3 unspecified atom stereocenters. The van der Waals surface area contributed by atoms with Crippen LogP contribution in [0.1, 0.15) is 63.0 Å². The second kappa shape index (κ2) is 8.44. The monoisotopic (exact) mass is 350 g/mol. The van der Waals surface area contributed by atoms with Crippen LogP contribution in [0.15, 0.2) is 54.6 Å². The van der Waals surface area contributed by atoms with Crippen molar-refractivity contribution in [3.05, 3.63) is 65.7 Å². The van der Waals surface area contributed by atoms with E-state index in [1.807, 2.05) is 24.3 Å². The van der Waals surface area contributed by atoms with Gasteiger partial charge in [-0.2, -0.15) is 0 Å².